The van der Waals surface area contributed by atoms with Gasteiger partial charge in [0.15, 0.2) is 0 Å². The van der Waals surface area contributed by atoms with Gasteiger partial charge in [0, 0.05) is 32.9 Å². The van der Waals surface area contributed by atoms with Gasteiger partial charge in [0.05, 0.1) is 5.56 Å². The van der Waals surface area contributed by atoms with Crippen molar-refractivity contribution in [3.05, 3.63) is 47.4 Å². The number of aromatic nitrogens is 2. The Hall–Kier alpha value is -2.42. The molecule has 1 heterocycles. The molecule has 0 saturated heterocycles. The van der Waals surface area contributed by atoms with Gasteiger partial charge in [-0.2, -0.15) is 18.2 Å². The second-order valence-corrected chi connectivity index (χ2v) is 7.97. The van der Waals surface area contributed by atoms with Gasteiger partial charge in [-0.25, -0.2) is 9.37 Å². The van der Waals surface area contributed by atoms with E-state index in [-0.39, 0.29) is 6.54 Å². The molecule has 1 aliphatic rings. The van der Waals surface area contributed by atoms with Crippen molar-refractivity contribution in [3.63, 3.8) is 0 Å². The maximum atomic E-state index is 13.5. The predicted molar refractivity (Wildman–Crippen MR) is 109 cm³/mol. The van der Waals surface area contributed by atoms with Gasteiger partial charge in [-0.1, -0.05) is 0 Å². The highest BCUT2D eigenvalue weighted by atomic mass is 19.4. The van der Waals surface area contributed by atoms with Gasteiger partial charge in [-0.15, -0.1) is 0 Å². The van der Waals surface area contributed by atoms with E-state index in [1.54, 1.807) is 6.20 Å². The summed E-state index contributed by atoms with van der Waals surface area (Å²) in [5.41, 5.74) is -0.651. The van der Waals surface area contributed by atoms with Crippen LogP contribution in [0.4, 0.5) is 29.3 Å². The highest BCUT2D eigenvalue weighted by Crippen LogP contribution is 2.30. The van der Waals surface area contributed by atoms with Crippen molar-refractivity contribution in [2.75, 3.05) is 30.9 Å². The third-order valence-corrected chi connectivity index (χ3v) is 5.33. The Bertz CT molecular complexity index is 832. The van der Waals surface area contributed by atoms with Gasteiger partial charge in [0.2, 0.25) is 5.95 Å². The summed E-state index contributed by atoms with van der Waals surface area (Å²) in [7, 11) is 3.86. The van der Waals surface area contributed by atoms with Crippen molar-refractivity contribution in [1.29, 1.82) is 0 Å². The number of hydrogen-bond acceptors (Lipinski definition) is 5. The molecule has 1 aliphatic carbocycles. The molecule has 1 saturated carbocycles. The monoisotopic (exact) mass is 425 g/mol. The first kappa shape index (κ1) is 22.3. The first-order valence-electron chi connectivity index (χ1n) is 10.0. The van der Waals surface area contributed by atoms with Crippen molar-refractivity contribution < 1.29 is 17.6 Å². The zero-order valence-corrected chi connectivity index (χ0v) is 17.1. The molecule has 164 valence electrons. The molecule has 2 aromatic rings. The van der Waals surface area contributed by atoms with E-state index in [1.165, 1.54) is 0 Å². The molecule has 1 aromatic heterocycles. The summed E-state index contributed by atoms with van der Waals surface area (Å²) in [6, 6.07) is 4.82. The zero-order valence-electron chi connectivity index (χ0n) is 17.1. The Morgan fingerprint density at radius 2 is 1.83 bits per heavy atom. The average molecular weight is 425 g/mol. The van der Waals surface area contributed by atoms with Crippen LogP contribution in [0.15, 0.2) is 30.5 Å². The summed E-state index contributed by atoms with van der Waals surface area (Å²) in [6.45, 7) is 0.904. The molecule has 1 aromatic carbocycles. The molecule has 0 aliphatic heterocycles. The number of nitrogens with one attached hydrogen (secondary N) is 2. The quantitative estimate of drug-likeness (QED) is 0.642. The predicted octanol–water partition coefficient (Wildman–Crippen LogP) is 4.46. The fourth-order valence-electron chi connectivity index (χ4n) is 3.70. The number of rotatable bonds is 7. The molecule has 9 heteroatoms. The van der Waals surface area contributed by atoms with E-state index in [0.29, 0.717) is 36.1 Å². The number of anilines is 2. The molecule has 30 heavy (non-hydrogen) atoms. The van der Waals surface area contributed by atoms with Crippen molar-refractivity contribution >= 4 is 11.8 Å². The Labute approximate surface area is 173 Å². The number of alkyl halides is 3. The highest BCUT2D eigenvalue weighted by Gasteiger charge is 2.31. The normalized spacial score (nSPS) is 19.5. The van der Waals surface area contributed by atoms with Gasteiger partial charge in [-0.05, 0) is 68.0 Å². The molecule has 2 N–H and O–H groups in total. The topological polar surface area (TPSA) is 53.1 Å². The Kier molecular flexibility index (Phi) is 7.12. The summed E-state index contributed by atoms with van der Waals surface area (Å²) in [4.78, 5) is 10.7. The minimum atomic E-state index is -4.54. The SMILES string of the molecule is CN(C)c1ccnc(NC2CCC(CNCc3cc(F)cc(C(F)(F)F)c3)CC2)n1. The van der Waals surface area contributed by atoms with Crippen LogP contribution in [0.5, 0.6) is 0 Å². The Morgan fingerprint density at radius 3 is 2.50 bits per heavy atom. The minimum absolute atomic E-state index is 0.212. The largest absolute Gasteiger partial charge is 0.416 e. The third-order valence-electron chi connectivity index (χ3n) is 5.33. The minimum Gasteiger partial charge on any atom is -0.363 e. The van der Waals surface area contributed by atoms with E-state index in [2.05, 4.69) is 20.6 Å². The number of hydrogen-bond donors (Lipinski definition) is 2. The first-order chi connectivity index (χ1) is 14.2. The van der Waals surface area contributed by atoms with Gasteiger partial charge in [-0.3, -0.25) is 0 Å². The van der Waals surface area contributed by atoms with Crippen molar-refractivity contribution in [2.24, 2.45) is 5.92 Å². The smallest absolute Gasteiger partial charge is 0.363 e. The second-order valence-electron chi connectivity index (χ2n) is 7.97. The standard InChI is InChI=1S/C21H27F4N5/c1-30(2)19-7-8-27-20(29-19)28-18-5-3-14(4-6-18)12-26-13-15-9-16(21(23,24)25)11-17(22)10-15/h7-11,14,18,26H,3-6,12-13H2,1-2H3,(H,27,28,29). The average Bonchev–Trinajstić information content (AvgIpc) is 2.68. The second kappa shape index (κ2) is 9.59. The number of nitrogens with zero attached hydrogens (tertiary/aromatic N) is 3. The lowest BCUT2D eigenvalue weighted by atomic mass is 9.86. The maximum absolute atomic E-state index is 13.5. The van der Waals surface area contributed by atoms with Crippen molar-refractivity contribution in [3.8, 4) is 0 Å². The van der Waals surface area contributed by atoms with Crippen LogP contribution in [0.25, 0.3) is 0 Å². The molecule has 0 bridgehead atoms. The molecule has 0 spiro atoms. The van der Waals surface area contributed by atoms with Crippen LogP contribution in [0.2, 0.25) is 0 Å². The van der Waals surface area contributed by atoms with E-state index >= 15 is 0 Å². The zero-order chi connectivity index (χ0) is 21.7. The molecule has 5 nitrogen and oxygen atoms in total. The van der Waals surface area contributed by atoms with Crippen LogP contribution in [0.3, 0.4) is 0 Å². The van der Waals surface area contributed by atoms with Crippen LogP contribution in [-0.4, -0.2) is 36.6 Å². The van der Waals surface area contributed by atoms with Crippen LogP contribution >= 0.6 is 0 Å². The van der Waals surface area contributed by atoms with Crippen molar-refractivity contribution in [2.45, 2.75) is 44.4 Å². The van der Waals surface area contributed by atoms with E-state index in [0.717, 1.165) is 43.6 Å². The van der Waals surface area contributed by atoms with Crippen LogP contribution in [0, 0.1) is 11.7 Å². The van der Waals surface area contributed by atoms with Crippen LogP contribution in [0.1, 0.15) is 36.8 Å². The first-order valence-corrected chi connectivity index (χ1v) is 10.0. The lowest BCUT2D eigenvalue weighted by Gasteiger charge is -2.29. The number of halogens is 4. The van der Waals surface area contributed by atoms with E-state index in [9.17, 15) is 17.6 Å². The van der Waals surface area contributed by atoms with Gasteiger partial charge >= 0.3 is 6.18 Å². The molecule has 0 unspecified atom stereocenters. The van der Waals surface area contributed by atoms with E-state index in [1.807, 2.05) is 25.1 Å². The molecule has 0 atom stereocenters. The lowest BCUT2D eigenvalue weighted by molar-refractivity contribution is -0.137. The molecule has 0 amide bonds. The summed E-state index contributed by atoms with van der Waals surface area (Å²) < 4.78 is 51.9. The molecule has 1 fully saturated rings. The maximum Gasteiger partial charge on any atom is 0.416 e. The van der Waals surface area contributed by atoms with E-state index < -0.39 is 17.6 Å². The lowest BCUT2D eigenvalue weighted by Crippen LogP contribution is -2.31. The van der Waals surface area contributed by atoms with Crippen molar-refractivity contribution in [1.82, 2.24) is 15.3 Å². The highest BCUT2D eigenvalue weighted by molar-refractivity contribution is 5.41. The molecular weight excluding hydrogens is 398 g/mol. The van der Waals surface area contributed by atoms with E-state index in [4.69, 9.17) is 0 Å². The summed E-state index contributed by atoms with van der Waals surface area (Å²) in [5.74, 6) is 1.03. The summed E-state index contributed by atoms with van der Waals surface area (Å²) in [6.07, 6.45) is 1.12. The number of benzene rings is 1. The molecule has 0 radical (unpaired) electrons. The molecular formula is C21H27F4N5. The fraction of sp³-hybridized carbons (Fsp3) is 0.524. The van der Waals surface area contributed by atoms with Crippen LogP contribution in [-0.2, 0) is 12.7 Å². The Balaban J connectivity index is 1.43. The van der Waals surface area contributed by atoms with Crippen LogP contribution < -0.4 is 15.5 Å². The van der Waals surface area contributed by atoms with Gasteiger partial charge in [0.1, 0.15) is 11.6 Å². The summed E-state index contributed by atoms with van der Waals surface area (Å²) in [5, 5.41) is 6.56. The Morgan fingerprint density at radius 1 is 1.10 bits per heavy atom. The summed E-state index contributed by atoms with van der Waals surface area (Å²) >= 11 is 0. The molecule has 3 rings (SSSR count). The third kappa shape index (κ3) is 6.29. The fourth-order valence-corrected chi connectivity index (χ4v) is 3.70. The van der Waals surface area contributed by atoms with Gasteiger partial charge < -0.3 is 15.5 Å². The van der Waals surface area contributed by atoms with Gasteiger partial charge in [0.25, 0.3) is 0 Å².